The molecule has 2 heterocycles. The first-order valence-electron chi connectivity index (χ1n) is 10.5. The van der Waals surface area contributed by atoms with E-state index in [1.54, 1.807) is 17.0 Å². The van der Waals surface area contributed by atoms with Crippen LogP contribution >= 0.6 is 0 Å². The molecule has 0 spiro atoms. The first-order chi connectivity index (χ1) is 15.6. The van der Waals surface area contributed by atoms with E-state index in [1.807, 2.05) is 48.5 Å². The number of aliphatic hydroxyl groups excluding tert-OH is 1. The topological polar surface area (TPSA) is 106 Å². The molecule has 1 unspecified atom stereocenters. The van der Waals surface area contributed by atoms with E-state index in [-0.39, 0.29) is 24.6 Å². The van der Waals surface area contributed by atoms with Gasteiger partial charge in [0.15, 0.2) is 0 Å². The van der Waals surface area contributed by atoms with Crippen LogP contribution in [0.25, 0.3) is 0 Å². The predicted octanol–water partition coefficient (Wildman–Crippen LogP) is 2.44. The van der Waals surface area contributed by atoms with E-state index >= 15 is 0 Å². The van der Waals surface area contributed by atoms with Gasteiger partial charge in [-0.25, -0.2) is 0 Å². The number of carbonyl (C=O) groups is 1. The number of aromatic nitrogens is 1. The van der Waals surface area contributed by atoms with Crippen molar-refractivity contribution < 1.29 is 9.90 Å². The van der Waals surface area contributed by atoms with E-state index in [9.17, 15) is 15.2 Å². The molecule has 1 fully saturated rings. The number of nitrogens with zero attached hydrogens (tertiary/aromatic N) is 4. The third-order valence-corrected chi connectivity index (χ3v) is 5.81. The number of nitrogens with two attached hydrogens (primary N) is 1. The van der Waals surface area contributed by atoms with Crippen LogP contribution in [0.1, 0.15) is 33.1 Å². The summed E-state index contributed by atoms with van der Waals surface area (Å²) in [6.07, 6.45) is 3.02. The monoisotopic (exact) mass is 427 g/mol. The molecule has 7 heteroatoms. The maximum absolute atomic E-state index is 13.0. The predicted molar refractivity (Wildman–Crippen MR) is 122 cm³/mol. The summed E-state index contributed by atoms with van der Waals surface area (Å²) in [7, 11) is 0. The minimum Gasteiger partial charge on any atom is -0.397 e. The smallest absolute Gasteiger partial charge is 0.255 e. The number of aliphatic hydroxyl groups is 1. The lowest BCUT2D eigenvalue weighted by Crippen LogP contribution is -2.57. The normalized spacial score (nSPS) is 17.5. The molecule has 1 saturated heterocycles. The van der Waals surface area contributed by atoms with Crippen molar-refractivity contribution in [3.63, 3.8) is 0 Å². The van der Waals surface area contributed by atoms with Gasteiger partial charge in [0.25, 0.3) is 5.91 Å². The van der Waals surface area contributed by atoms with E-state index in [0.29, 0.717) is 36.4 Å². The van der Waals surface area contributed by atoms with Crippen LogP contribution in [0.15, 0.2) is 73.1 Å². The van der Waals surface area contributed by atoms with Crippen LogP contribution in [-0.4, -0.2) is 58.1 Å². The lowest BCUT2D eigenvalue weighted by Gasteiger charge is -2.45. The van der Waals surface area contributed by atoms with Gasteiger partial charge in [0.05, 0.1) is 41.6 Å². The Morgan fingerprint density at radius 3 is 2.62 bits per heavy atom. The van der Waals surface area contributed by atoms with Crippen molar-refractivity contribution in [3.05, 3.63) is 95.3 Å². The Bertz CT molecular complexity index is 1130. The molecule has 2 atom stereocenters. The molecule has 0 saturated carbocycles. The van der Waals surface area contributed by atoms with E-state index in [1.165, 1.54) is 12.4 Å². The average molecular weight is 428 g/mol. The summed E-state index contributed by atoms with van der Waals surface area (Å²) < 4.78 is 0. The zero-order chi connectivity index (χ0) is 22.5. The number of carbonyl (C=O) groups excluding carboxylic acids is 1. The fourth-order valence-electron chi connectivity index (χ4n) is 4.30. The third-order valence-electron chi connectivity index (χ3n) is 5.81. The molecule has 3 N–H and O–H groups in total. The number of piperazine rings is 1. The summed E-state index contributed by atoms with van der Waals surface area (Å²) in [5, 5.41) is 19.6. The molecular weight excluding hydrogens is 402 g/mol. The SMILES string of the molecule is N#Cc1cccc([C@H](c2ccccc2)N2CCN(C(=O)c3cncc(N)c3)CC2CO)c1. The molecule has 7 nitrogen and oxygen atoms in total. The number of hydrogen-bond acceptors (Lipinski definition) is 6. The van der Waals surface area contributed by atoms with Crippen molar-refractivity contribution in [1.82, 2.24) is 14.8 Å². The van der Waals surface area contributed by atoms with Gasteiger partial charge in [-0.3, -0.25) is 14.7 Å². The number of nitrogen functional groups attached to an aromatic ring is 1. The van der Waals surface area contributed by atoms with Crippen LogP contribution in [0.2, 0.25) is 0 Å². The number of anilines is 1. The summed E-state index contributed by atoms with van der Waals surface area (Å²) in [6.45, 7) is 1.36. The molecule has 4 rings (SSSR count). The van der Waals surface area contributed by atoms with Crippen LogP contribution in [0.4, 0.5) is 5.69 Å². The lowest BCUT2D eigenvalue weighted by atomic mass is 9.93. The highest BCUT2D eigenvalue weighted by Crippen LogP contribution is 2.32. The Labute approximate surface area is 187 Å². The quantitative estimate of drug-likeness (QED) is 0.648. The van der Waals surface area contributed by atoms with Crippen molar-refractivity contribution in [3.8, 4) is 6.07 Å². The largest absolute Gasteiger partial charge is 0.397 e. The highest BCUT2D eigenvalue weighted by atomic mass is 16.3. The van der Waals surface area contributed by atoms with Crippen molar-refractivity contribution in [2.45, 2.75) is 12.1 Å². The minimum atomic E-state index is -0.266. The molecule has 1 aliphatic heterocycles. The molecule has 1 amide bonds. The third kappa shape index (κ3) is 4.47. The molecule has 1 aliphatic rings. The Morgan fingerprint density at radius 1 is 1.12 bits per heavy atom. The van der Waals surface area contributed by atoms with Gasteiger partial charge < -0.3 is 15.7 Å². The van der Waals surface area contributed by atoms with Gasteiger partial charge in [-0.2, -0.15) is 5.26 Å². The summed E-state index contributed by atoms with van der Waals surface area (Å²) in [4.78, 5) is 21.0. The van der Waals surface area contributed by atoms with E-state index in [4.69, 9.17) is 5.73 Å². The van der Waals surface area contributed by atoms with E-state index in [0.717, 1.165) is 11.1 Å². The van der Waals surface area contributed by atoms with Gasteiger partial charge in [-0.1, -0.05) is 42.5 Å². The highest BCUT2D eigenvalue weighted by Gasteiger charge is 2.35. The van der Waals surface area contributed by atoms with Gasteiger partial charge in [0.2, 0.25) is 0 Å². The molecule has 1 aromatic heterocycles. The summed E-state index contributed by atoms with van der Waals surface area (Å²) >= 11 is 0. The van der Waals surface area contributed by atoms with E-state index in [2.05, 4.69) is 16.0 Å². The maximum Gasteiger partial charge on any atom is 0.255 e. The zero-order valence-electron chi connectivity index (χ0n) is 17.6. The zero-order valence-corrected chi connectivity index (χ0v) is 17.6. The number of benzene rings is 2. The second-order valence-corrected chi connectivity index (χ2v) is 7.88. The molecular formula is C25H25N5O2. The highest BCUT2D eigenvalue weighted by molar-refractivity contribution is 5.94. The molecule has 0 bridgehead atoms. The Hall–Kier alpha value is -3.73. The summed E-state index contributed by atoms with van der Waals surface area (Å²) in [5.74, 6) is -0.148. The second-order valence-electron chi connectivity index (χ2n) is 7.88. The van der Waals surface area contributed by atoms with E-state index < -0.39 is 0 Å². The number of rotatable bonds is 5. The molecule has 162 valence electrons. The van der Waals surface area contributed by atoms with Crippen molar-refractivity contribution in [2.75, 3.05) is 32.0 Å². The molecule has 0 radical (unpaired) electrons. The van der Waals surface area contributed by atoms with Crippen LogP contribution in [-0.2, 0) is 0 Å². The number of hydrogen-bond donors (Lipinski definition) is 2. The van der Waals surface area contributed by atoms with Crippen LogP contribution in [0.3, 0.4) is 0 Å². The van der Waals surface area contributed by atoms with Gasteiger partial charge in [-0.15, -0.1) is 0 Å². The maximum atomic E-state index is 13.0. The summed E-state index contributed by atoms with van der Waals surface area (Å²) in [5.41, 5.74) is 9.31. The molecule has 32 heavy (non-hydrogen) atoms. The fourth-order valence-corrected chi connectivity index (χ4v) is 4.30. The van der Waals surface area contributed by atoms with Crippen LogP contribution in [0.5, 0.6) is 0 Å². The number of amides is 1. The van der Waals surface area contributed by atoms with Crippen molar-refractivity contribution >= 4 is 11.6 Å². The van der Waals surface area contributed by atoms with Crippen LogP contribution in [0, 0.1) is 11.3 Å². The number of pyridine rings is 1. The van der Waals surface area contributed by atoms with Crippen molar-refractivity contribution in [1.29, 1.82) is 5.26 Å². The fraction of sp³-hybridized carbons (Fsp3) is 0.240. The van der Waals surface area contributed by atoms with Crippen molar-refractivity contribution in [2.24, 2.45) is 0 Å². The molecule has 3 aromatic rings. The Morgan fingerprint density at radius 2 is 1.91 bits per heavy atom. The van der Waals surface area contributed by atoms with Gasteiger partial charge in [0.1, 0.15) is 0 Å². The van der Waals surface area contributed by atoms with Gasteiger partial charge in [-0.05, 0) is 29.3 Å². The molecule has 2 aromatic carbocycles. The average Bonchev–Trinajstić information content (AvgIpc) is 2.84. The first kappa shape index (κ1) is 21.5. The second kappa shape index (κ2) is 9.60. The standard InChI is InChI=1S/C25H25N5O2/c26-13-18-5-4-8-20(11-18)24(19-6-2-1-3-7-19)30-10-9-29(16-23(30)17-31)25(32)21-12-22(27)15-28-14-21/h1-8,11-12,14-15,23-24,31H,9-10,16-17,27H2/t23?,24-/m0/s1. The Balaban J connectivity index is 1.64. The lowest BCUT2D eigenvalue weighted by molar-refractivity contribution is 0.0196. The Kier molecular flexibility index (Phi) is 6.45. The molecule has 0 aliphatic carbocycles. The van der Waals surface area contributed by atoms with Gasteiger partial charge in [0, 0.05) is 32.0 Å². The van der Waals surface area contributed by atoms with Gasteiger partial charge >= 0.3 is 0 Å². The first-order valence-corrected chi connectivity index (χ1v) is 10.5. The number of nitriles is 1. The summed E-state index contributed by atoms with van der Waals surface area (Å²) in [6, 6.07) is 21.0. The van der Waals surface area contributed by atoms with Crippen LogP contribution < -0.4 is 5.73 Å². The minimum absolute atomic E-state index is 0.0970.